The van der Waals surface area contributed by atoms with Crippen LogP contribution in [0, 0.1) is 6.92 Å². The molecule has 0 atom stereocenters. The number of nitrogens with two attached hydrogens (primary N) is 1. The molecule has 2 aromatic rings. The number of aromatic nitrogens is 1. The van der Waals surface area contributed by atoms with Crippen LogP contribution in [0.1, 0.15) is 24.0 Å². The van der Waals surface area contributed by atoms with Crippen LogP contribution in [0.3, 0.4) is 0 Å². The van der Waals surface area contributed by atoms with Gasteiger partial charge in [-0.25, -0.2) is 4.98 Å². The van der Waals surface area contributed by atoms with Crippen molar-refractivity contribution in [2.75, 3.05) is 23.7 Å². The van der Waals surface area contributed by atoms with Crippen LogP contribution in [0.15, 0.2) is 36.5 Å². The third-order valence-corrected chi connectivity index (χ3v) is 4.39. The molecular weight excluding hydrogens is 331 g/mol. The van der Waals surface area contributed by atoms with E-state index in [0.29, 0.717) is 18.9 Å². The molecule has 0 radical (unpaired) electrons. The second-order valence-corrected chi connectivity index (χ2v) is 6.23. The van der Waals surface area contributed by atoms with Crippen molar-refractivity contribution in [3.8, 4) is 5.75 Å². The lowest BCUT2D eigenvalue weighted by Crippen LogP contribution is -2.38. The first-order chi connectivity index (χ1) is 11.8. The molecule has 2 N–H and O–H groups in total. The van der Waals surface area contributed by atoms with Gasteiger partial charge in [-0.2, -0.15) is 13.2 Å². The highest BCUT2D eigenvalue weighted by Gasteiger charge is 2.31. The number of rotatable bonds is 3. The molecule has 134 valence electrons. The van der Waals surface area contributed by atoms with Crippen molar-refractivity contribution in [1.29, 1.82) is 0 Å². The Morgan fingerprint density at radius 3 is 2.44 bits per heavy atom. The summed E-state index contributed by atoms with van der Waals surface area (Å²) in [5.74, 6) is 1.35. The fourth-order valence-electron chi connectivity index (χ4n) is 2.86. The summed E-state index contributed by atoms with van der Waals surface area (Å²) < 4.78 is 43.8. The van der Waals surface area contributed by atoms with Crippen molar-refractivity contribution in [3.05, 3.63) is 47.7 Å². The third kappa shape index (κ3) is 4.15. The van der Waals surface area contributed by atoms with E-state index in [2.05, 4.69) is 4.98 Å². The van der Waals surface area contributed by atoms with Gasteiger partial charge in [0.15, 0.2) is 0 Å². The zero-order valence-electron chi connectivity index (χ0n) is 13.9. The number of aryl methyl sites for hydroxylation is 1. The maximum Gasteiger partial charge on any atom is 0.417 e. The Balaban J connectivity index is 1.57. The molecule has 0 aliphatic carbocycles. The van der Waals surface area contributed by atoms with Gasteiger partial charge in [-0.05, 0) is 42.8 Å². The van der Waals surface area contributed by atoms with E-state index in [1.807, 2.05) is 30.0 Å². The van der Waals surface area contributed by atoms with Gasteiger partial charge >= 0.3 is 6.18 Å². The van der Waals surface area contributed by atoms with E-state index in [1.165, 1.54) is 6.07 Å². The van der Waals surface area contributed by atoms with Gasteiger partial charge in [0.05, 0.1) is 5.56 Å². The molecule has 1 aromatic heterocycles. The molecule has 0 bridgehead atoms. The van der Waals surface area contributed by atoms with Crippen molar-refractivity contribution < 1.29 is 17.9 Å². The van der Waals surface area contributed by atoms with E-state index < -0.39 is 11.7 Å². The van der Waals surface area contributed by atoms with Gasteiger partial charge in [-0.3, -0.25) is 0 Å². The number of nitrogen functional groups attached to an aromatic ring is 1. The highest BCUT2D eigenvalue weighted by molar-refractivity contribution is 5.49. The molecule has 1 saturated heterocycles. The minimum Gasteiger partial charge on any atom is -0.490 e. The summed E-state index contributed by atoms with van der Waals surface area (Å²) in [6.07, 6.45) is -1.83. The van der Waals surface area contributed by atoms with Crippen LogP contribution >= 0.6 is 0 Å². The van der Waals surface area contributed by atoms with Gasteiger partial charge in [0.1, 0.15) is 17.7 Å². The number of anilines is 2. The Kier molecular flexibility index (Phi) is 4.74. The van der Waals surface area contributed by atoms with Crippen LogP contribution in [-0.2, 0) is 6.18 Å². The van der Waals surface area contributed by atoms with Gasteiger partial charge in [-0.1, -0.05) is 0 Å². The first kappa shape index (κ1) is 17.4. The second kappa shape index (κ2) is 6.82. The molecule has 0 saturated carbocycles. The molecule has 1 aliphatic heterocycles. The molecule has 4 nitrogen and oxygen atoms in total. The standard InChI is InChI=1S/C18H20F3N3O/c1-12-10-15(3-4-16(12)22)25-14-6-8-24(9-7-14)17-5-2-13(11-23-17)18(19,20)21/h2-5,10-11,14H,6-9,22H2,1H3. The monoisotopic (exact) mass is 351 g/mol. The Morgan fingerprint density at radius 1 is 1.16 bits per heavy atom. The van der Waals surface area contributed by atoms with Gasteiger partial charge in [0.25, 0.3) is 0 Å². The Labute approximate surface area is 144 Å². The molecule has 3 rings (SSSR count). The number of hydrogen-bond acceptors (Lipinski definition) is 4. The van der Waals surface area contributed by atoms with Crippen molar-refractivity contribution in [2.24, 2.45) is 0 Å². The van der Waals surface area contributed by atoms with Crippen LogP contribution in [0.4, 0.5) is 24.7 Å². The number of hydrogen-bond donors (Lipinski definition) is 1. The number of nitrogens with zero attached hydrogens (tertiary/aromatic N) is 2. The predicted octanol–water partition coefficient (Wildman–Crippen LogP) is 4.04. The fourth-order valence-corrected chi connectivity index (χ4v) is 2.86. The molecular formula is C18H20F3N3O. The molecule has 1 aliphatic rings. The van der Waals surface area contributed by atoms with Gasteiger partial charge in [0, 0.05) is 37.8 Å². The summed E-state index contributed by atoms with van der Waals surface area (Å²) in [7, 11) is 0. The number of benzene rings is 1. The third-order valence-electron chi connectivity index (χ3n) is 4.39. The normalized spacial score (nSPS) is 16.1. The molecule has 7 heteroatoms. The smallest absolute Gasteiger partial charge is 0.417 e. The zero-order valence-corrected chi connectivity index (χ0v) is 13.9. The average molecular weight is 351 g/mol. The quantitative estimate of drug-likeness (QED) is 0.848. The van der Waals surface area contributed by atoms with E-state index in [4.69, 9.17) is 10.5 Å². The van der Waals surface area contributed by atoms with Crippen molar-refractivity contribution in [3.63, 3.8) is 0 Å². The molecule has 0 unspecified atom stereocenters. The summed E-state index contributed by atoms with van der Waals surface area (Å²) in [4.78, 5) is 5.93. The maximum atomic E-state index is 12.6. The van der Waals surface area contributed by atoms with Crippen LogP contribution in [0.5, 0.6) is 5.75 Å². The minimum absolute atomic E-state index is 0.0775. The lowest BCUT2D eigenvalue weighted by Gasteiger charge is -2.33. The Morgan fingerprint density at radius 2 is 1.88 bits per heavy atom. The van der Waals surface area contributed by atoms with Crippen molar-refractivity contribution in [2.45, 2.75) is 32.0 Å². The molecule has 0 amide bonds. The van der Waals surface area contributed by atoms with Crippen LogP contribution < -0.4 is 15.4 Å². The SMILES string of the molecule is Cc1cc(OC2CCN(c3ccc(C(F)(F)F)cn3)CC2)ccc1N. The predicted molar refractivity (Wildman–Crippen MR) is 90.7 cm³/mol. The first-order valence-corrected chi connectivity index (χ1v) is 8.14. The van der Waals surface area contributed by atoms with Crippen molar-refractivity contribution >= 4 is 11.5 Å². The highest BCUT2D eigenvalue weighted by Crippen LogP contribution is 2.30. The number of halogens is 3. The first-order valence-electron chi connectivity index (χ1n) is 8.14. The maximum absolute atomic E-state index is 12.6. The van der Waals surface area contributed by atoms with E-state index in [0.717, 1.165) is 42.1 Å². The zero-order chi connectivity index (χ0) is 18.0. The Bertz CT molecular complexity index is 723. The number of piperidine rings is 1. The summed E-state index contributed by atoms with van der Waals surface area (Å²) in [6.45, 7) is 3.31. The number of alkyl halides is 3. The lowest BCUT2D eigenvalue weighted by atomic mass is 10.1. The molecule has 1 aromatic carbocycles. The van der Waals surface area contributed by atoms with Crippen molar-refractivity contribution in [1.82, 2.24) is 4.98 Å². The molecule has 0 spiro atoms. The van der Waals surface area contributed by atoms with E-state index in [1.54, 1.807) is 0 Å². The van der Waals surface area contributed by atoms with Gasteiger partial charge in [0.2, 0.25) is 0 Å². The lowest BCUT2D eigenvalue weighted by molar-refractivity contribution is -0.137. The molecule has 25 heavy (non-hydrogen) atoms. The number of ether oxygens (including phenoxy) is 1. The summed E-state index contributed by atoms with van der Waals surface area (Å²) >= 11 is 0. The summed E-state index contributed by atoms with van der Waals surface area (Å²) in [6, 6.07) is 8.09. The fraction of sp³-hybridized carbons (Fsp3) is 0.389. The van der Waals surface area contributed by atoms with Crippen LogP contribution in [-0.4, -0.2) is 24.2 Å². The summed E-state index contributed by atoms with van der Waals surface area (Å²) in [5, 5.41) is 0. The van der Waals surface area contributed by atoms with E-state index in [9.17, 15) is 13.2 Å². The van der Waals surface area contributed by atoms with Crippen LogP contribution in [0.2, 0.25) is 0 Å². The van der Waals surface area contributed by atoms with Gasteiger partial charge in [-0.15, -0.1) is 0 Å². The topological polar surface area (TPSA) is 51.4 Å². The van der Waals surface area contributed by atoms with Gasteiger partial charge < -0.3 is 15.4 Å². The average Bonchev–Trinajstić information content (AvgIpc) is 2.58. The van der Waals surface area contributed by atoms with E-state index >= 15 is 0 Å². The molecule has 1 fully saturated rings. The molecule has 2 heterocycles. The largest absolute Gasteiger partial charge is 0.490 e. The number of pyridine rings is 1. The van der Waals surface area contributed by atoms with E-state index in [-0.39, 0.29) is 6.10 Å². The highest BCUT2D eigenvalue weighted by atomic mass is 19.4. The second-order valence-electron chi connectivity index (χ2n) is 6.23. The Hall–Kier alpha value is -2.44. The summed E-state index contributed by atoms with van der Waals surface area (Å²) in [5.41, 5.74) is 6.78. The minimum atomic E-state index is -4.36. The van der Waals surface area contributed by atoms with Crippen LogP contribution in [0.25, 0.3) is 0 Å².